The average molecular weight is 340 g/mol. The van der Waals surface area contributed by atoms with Gasteiger partial charge in [0.05, 0.1) is 19.1 Å². The van der Waals surface area contributed by atoms with Crippen LogP contribution in [-0.4, -0.2) is 37.0 Å². The molecule has 3 aromatic heterocycles. The standard InChI is InChI=1S/C17H20N6O2/c1-10-6-13-14(7-11(10)2)23(9-18-13)8-16-19-17(22-25-16)12-4-5-15(24-3)21-20-12/h4-5,9-11H,6-8H2,1-3H3/t10-,11+/m1/s1. The summed E-state index contributed by atoms with van der Waals surface area (Å²) in [6, 6.07) is 3.47. The highest BCUT2D eigenvalue weighted by Gasteiger charge is 2.26. The lowest BCUT2D eigenvalue weighted by molar-refractivity contribution is 0.341. The third-order valence-electron chi connectivity index (χ3n) is 4.89. The van der Waals surface area contributed by atoms with Crippen molar-refractivity contribution < 1.29 is 9.26 Å². The summed E-state index contributed by atoms with van der Waals surface area (Å²) in [5.74, 6) is 2.70. The third-order valence-corrected chi connectivity index (χ3v) is 4.89. The van der Waals surface area contributed by atoms with E-state index in [9.17, 15) is 0 Å². The second-order valence-electron chi connectivity index (χ2n) is 6.60. The molecule has 4 rings (SSSR count). The Balaban J connectivity index is 1.54. The average Bonchev–Trinajstić information content (AvgIpc) is 3.24. The van der Waals surface area contributed by atoms with Gasteiger partial charge in [-0.25, -0.2) is 4.98 Å². The van der Waals surface area contributed by atoms with Crippen LogP contribution in [0, 0.1) is 11.8 Å². The third kappa shape index (κ3) is 2.99. The van der Waals surface area contributed by atoms with Gasteiger partial charge in [-0.2, -0.15) is 4.98 Å². The first-order valence-corrected chi connectivity index (χ1v) is 8.37. The topological polar surface area (TPSA) is 91.8 Å². The van der Waals surface area contributed by atoms with Crippen molar-refractivity contribution in [2.75, 3.05) is 7.11 Å². The van der Waals surface area contributed by atoms with Crippen LogP contribution in [0.1, 0.15) is 31.1 Å². The summed E-state index contributed by atoms with van der Waals surface area (Å²) < 4.78 is 12.5. The van der Waals surface area contributed by atoms with Gasteiger partial charge in [-0.3, -0.25) is 0 Å². The minimum atomic E-state index is 0.418. The van der Waals surface area contributed by atoms with E-state index >= 15 is 0 Å². The Bertz CT molecular complexity index is 870. The van der Waals surface area contributed by atoms with Crippen LogP contribution in [0.4, 0.5) is 0 Å². The molecule has 3 aromatic rings. The quantitative estimate of drug-likeness (QED) is 0.718. The van der Waals surface area contributed by atoms with Crippen molar-refractivity contribution in [1.82, 2.24) is 29.9 Å². The van der Waals surface area contributed by atoms with Crippen molar-refractivity contribution in [2.45, 2.75) is 33.2 Å². The molecule has 8 nitrogen and oxygen atoms in total. The molecule has 0 spiro atoms. The number of hydrogen-bond donors (Lipinski definition) is 0. The summed E-state index contributed by atoms with van der Waals surface area (Å²) >= 11 is 0. The van der Waals surface area contributed by atoms with Gasteiger partial charge in [0, 0.05) is 11.8 Å². The highest BCUT2D eigenvalue weighted by atomic mass is 16.5. The second-order valence-corrected chi connectivity index (χ2v) is 6.60. The van der Waals surface area contributed by atoms with Gasteiger partial charge in [-0.1, -0.05) is 19.0 Å². The van der Waals surface area contributed by atoms with Gasteiger partial charge in [0.2, 0.25) is 17.6 Å². The highest BCUT2D eigenvalue weighted by molar-refractivity contribution is 5.47. The van der Waals surface area contributed by atoms with Crippen LogP contribution in [0.5, 0.6) is 5.88 Å². The van der Waals surface area contributed by atoms with Gasteiger partial charge in [0.15, 0.2) is 0 Å². The van der Waals surface area contributed by atoms with Crippen molar-refractivity contribution in [2.24, 2.45) is 11.8 Å². The van der Waals surface area contributed by atoms with Gasteiger partial charge in [0.1, 0.15) is 12.2 Å². The zero-order valence-corrected chi connectivity index (χ0v) is 14.5. The van der Waals surface area contributed by atoms with Gasteiger partial charge >= 0.3 is 0 Å². The van der Waals surface area contributed by atoms with Crippen LogP contribution in [0.2, 0.25) is 0 Å². The molecule has 0 N–H and O–H groups in total. The Hall–Kier alpha value is -2.77. The number of nitrogens with zero attached hydrogens (tertiary/aromatic N) is 6. The molecular formula is C17H20N6O2. The van der Waals surface area contributed by atoms with Gasteiger partial charge in [0.25, 0.3) is 0 Å². The number of aromatic nitrogens is 6. The molecule has 0 saturated heterocycles. The number of ether oxygens (including phenoxy) is 1. The van der Waals surface area contributed by atoms with Gasteiger partial charge < -0.3 is 13.8 Å². The molecule has 0 bridgehead atoms. The number of methoxy groups -OCH3 is 1. The normalized spacial score (nSPS) is 19.6. The monoisotopic (exact) mass is 340 g/mol. The first-order chi connectivity index (χ1) is 12.1. The SMILES string of the molecule is COc1ccc(-c2noc(Cn3cnc4c3C[C@H](C)[C@H](C)C4)n2)nn1. The molecule has 2 atom stereocenters. The summed E-state index contributed by atoms with van der Waals surface area (Å²) in [6.07, 6.45) is 3.92. The Kier molecular flexibility index (Phi) is 3.95. The van der Waals surface area contributed by atoms with Crippen LogP contribution >= 0.6 is 0 Å². The lowest BCUT2D eigenvalue weighted by Crippen LogP contribution is -2.22. The van der Waals surface area contributed by atoms with Crippen LogP contribution in [0.25, 0.3) is 11.5 Å². The van der Waals surface area contributed by atoms with Crippen molar-refractivity contribution in [1.29, 1.82) is 0 Å². The van der Waals surface area contributed by atoms with Crippen molar-refractivity contribution >= 4 is 0 Å². The van der Waals surface area contributed by atoms with Crippen molar-refractivity contribution in [3.63, 3.8) is 0 Å². The highest BCUT2D eigenvalue weighted by Crippen LogP contribution is 2.29. The Labute approximate surface area is 145 Å². The fraction of sp³-hybridized carbons (Fsp3) is 0.471. The number of rotatable bonds is 4. The zero-order valence-electron chi connectivity index (χ0n) is 14.5. The van der Waals surface area contributed by atoms with Crippen LogP contribution < -0.4 is 4.74 Å². The van der Waals surface area contributed by atoms with E-state index in [-0.39, 0.29) is 0 Å². The molecule has 0 aromatic carbocycles. The molecule has 3 heterocycles. The second kappa shape index (κ2) is 6.27. The maximum atomic E-state index is 5.38. The maximum absolute atomic E-state index is 5.38. The zero-order chi connectivity index (χ0) is 17.4. The molecule has 0 fully saturated rings. The fourth-order valence-corrected chi connectivity index (χ4v) is 3.12. The number of fused-ring (bicyclic) bond motifs is 1. The van der Waals surface area contributed by atoms with E-state index in [0.29, 0.717) is 41.7 Å². The predicted octanol–water partition coefficient (Wildman–Crippen LogP) is 2.15. The van der Waals surface area contributed by atoms with Crippen LogP contribution in [0.15, 0.2) is 23.0 Å². The summed E-state index contributed by atoms with van der Waals surface area (Å²) in [6.45, 7) is 5.09. The largest absolute Gasteiger partial charge is 0.480 e. The van der Waals surface area contributed by atoms with E-state index < -0.39 is 0 Å². The molecule has 8 heteroatoms. The van der Waals surface area contributed by atoms with Crippen molar-refractivity contribution in [3.05, 3.63) is 35.7 Å². The fourth-order valence-electron chi connectivity index (χ4n) is 3.12. The maximum Gasteiger partial charge on any atom is 0.246 e. The van der Waals surface area contributed by atoms with Crippen molar-refractivity contribution in [3.8, 4) is 17.4 Å². The molecule has 25 heavy (non-hydrogen) atoms. The van der Waals surface area contributed by atoms with Gasteiger partial charge in [-0.05, 0) is 30.7 Å². The van der Waals surface area contributed by atoms with E-state index in [2.05, 4.69) is 43.7 Å². The minimum absolute atomic E-state index is 0.418. The summed E-state index contributed by atoms with van der Waals surface area (Å²) in [5.41, 5.74) is 3.01. The molecule has 0 unspecified atom stereocenters. The first kappa shape index (κ1) is 15.7. The summed E-state index contributed by atoms with van der Waals surface area (Å²) in [7, 11) is 1.55. The van der Waals surface area contributed by atoms with E-state index in [0.717, 1.165) is 12.8 Å². The molecule has 0 radical (unpaired) electrons. The number of hydrogen-bond acceptors (Lipinski definition) is 7. The molecule has 1 aliphatic rings. The van der Waals surface area contributed by atoms with Crippen LogP contribution in [-0.2, 0) is 19.4 Å². The summed E-state index contributed by atoms with van der Waals surface area (Å²) in [4.78, 5) is 8.98. The van der Waals surface area contributed by atoms with E-state index in [4.69, 9.17) is 9.26 Å². The lowest BCUT2D eigenvalue weighted by Gasteiger charge is -2.25. The van der Waals surface area contributed by atoms with Crippen LogP contribution in [0.3, 0.4) is 0 Å². The Morgan fingerprint density at radius 3 is 2.80 bits per heavy atom. The van der Waals surface area contributed by atoms with E-state index in [1.165, 1.54) is 11.4 Å². The predicted molar refractivity (Wildman–Crippen MR) is 88.9 cm³/mol. The Morgan fingerprint density at radius 1 is 1.20 bits per heavy atom. The molecular weight excluding hydrogens is 320 g/mol. The van der Waals surface area contributed by atoms with E-state index in [1.807, 2.05) is 6.33 Å². The molecule has 1 aliphatic carbocycles. The molecule has 130 valence electrons. The smallest absolute Gasteiger partial charge is 0.246 e. The van der Waals surface area contributed by atoms with E-state index in [1.54, 1.807) is 19.2 Å². The molecule has 0 aliphatic heterocycles. The first-order valence-electron chi connectivity index (χ1n) is 8.37. The minimum Gasteiger partial charge on any atom is -0.480 e. The summed E-state index contributed by atoms with van der Waals surface area (Å²) in [5, 5.41) is 12.0. The Morgan fingerprint density at radius 2 is 2.04 bits per heavy atom. The molecule has 0 amide bonds. The molecule has 0 saturated carbocycles. The number of imidazole rings is 1. The lowest BCUT2D eigenvalue weighted by atomic mass is 9.82. The van der Waals surface area contributed by atoms with Gasteiger partial charge in [-0.15, -0.1) is 10.2 Å².